The van der Waals surface area contributed by atoms with Crippen molar-refractivity contribution in [2.24, 2.45) is 5.92 Å². The van der Waals surface area contributed by atoms with E-state index in [4.69, 9.17) is 9.47 Å². The molecule has 0 saturated carbocycles. The average Bonchev–Trinajstić information content (AvgIpc) is 3.01. The monoisotopic (exact) mass is 645 g/mol. The summed E-state index contributed by atoms with van der Waals surface area (Å²) < 4.78 is 38.0. The molecule has 1 amide bonds. The van der Waals surface area contributed by atoms with Crippen LogP contribution in [0.1, 0.15) is 30.5 Å². The number of aliphatic carboxylic acids is 1. The number of rotatable bonds is 15. The van der Waals surface area contributed by atoms with Crippen LogP contribution in [0.4, 0.5) is 11.4 Å². The van der Waals surface area contributed by atoms with Crippen molar-refractivity contribution in [3.8, 4) is 17.2 Å². The number of hydrogen-bond donors (Lipinski definition) is 3. The van der Waals surface area contributed by atoms with Gasteiger partial charge >= 0.3 is 5.97 Å². The molecule has 11 heteroatoms. The third-order valence-electron chi connectivity index (χ3n) is 7.13. The summed E-state index contributed by atoms with van der Waals surface area (Å²) in [7, 11) is -3.43. The highest BCUT2D eigenvalue weighted by Crippen LogP contribution is 2.31. The lowest BCUT2D eigenvalue weighted by Gasteiger charge is -2.28. The zero-order valence-corrected chi connectivity index (χ0v) is 27.1. The third-order valence-corrected chi connectivity index (χ3v) is 7.72. The van der Waals surface area contributed by atoms with Crippen LogP contribution in [0.5, 0.6) is 17.2 Å². The first-order chi connectivity index (χ1) is 21.9. The van der Waals surface area contributed by atoms with Gasteiger partial charge in [-0.15, -0.1) is 0 Å². The lowest BCUT2D eigenvalue weighted by Crippen LogP contribution is -2.46. The third kappa shape index (κ3) is 10.00. The van der Waals surface area contributed by atoms with Gasteiger partial charge in [-0.25, -0.2) is 13.2 Å². The van der Waals surface area contributed by atoms with Crippen molar-refractivity contribution in [3.05, 3.63) is 114 Å². The summed E-state index contributed by atoms with van der Waals surface area (Å²) in [6, 6.07) is 29.2. The smallest absolute Gasteiger partial charge is 0.326 e. The molecule has 10 nitrogen and oxygen atoms in total. The van der Waals surface area contributed by atoms with Crippen molar-refractivity contribution < 1.29 is 32.6 Å². The summed E-state index contributed by atoms with van der Waals surface area (Å²) in [4.78, 5) is 25.6. The van der Waals surface area contributed by atoms with Gasteiger partial charge in [0.15, 0.2) is 6.61 Å². The van der Waals surface area contributed by atoms with Gasteiger partial charge < -0.3 is 24.8 Å². The molecular formula is C35H39N3O7S. The van der Waals surface area contributed by atoms with Crippen molar-refractivity contribution in [2.45, 2.75) is 39.9 Å². The van der Waals surface area contributed by atoms with Crippen LogP contribution < -0.4 is 24.4 Å². The van der Waals surface area contributed by atoms with Gasteiger partial charge in [0.1, 0.15) is 23.3 Å². The molecule has 0 heterocycles. The van der Waals surface area contributed by atoms with Crippen molar-refractivity contribution in [1.29, 1.82) is 0 Å². The molecule has 0 spiro atoms. The maximum absolute atomic E-state index is 12.1. The molecule has 1 atom stereocenters. The number of sulfonamides is 1. The topological polar surface area (TPSA) is 134 Å². The van der Waals surface area contributed by atoms with Crippen LogP contribution in [0.25, 0.3) is 0 Å². The van der Waals surface area contributed by atoms with Gasteiger partial charge in [-0.3, -0.25) is 9.52 Å². The Hall–Kier alpha value is -5.03. The second-order valence-corrected chi connectivity index (χ2v) is 13.0. The van der Waals surface area contributed by atoms with Gasteiger partial charge in [-0.1, -0.05) is 62.4 Å². The number of carbonyl (C=O) groups is 2. The molecule has 0 unspecified atom stereocenters. The normalized spacial score (nSPS) is 11.8. The predicted octanol–water partition coefficient (Wildman–Crippen LogP) is 5.97. The number of carboxylic acids is 1. The molecule has 4 aromatic carbocycles. The number of carboxylic acid groups (broad SMARTS) is 1. The Morgan fingerprint density at radius 3 is 1.93 bits per heavy atom. The van der Waals surface area contributed by atoms with Crippen molar-refractivity contribution in [2.75, 3.05) is 22.5 Å². The summed E-state index contributed by atoms with van der Waals surface area (Å²) in [5, 5.41) is 11.7. The molecule has 0 bridgehead atoms. The molecule has 4 rings (SSSR count). The molecular weight excluding hydrogens is 606 g/mol. The molecule has 0 radical (unpaired) electrons. The predicted molar refractivity (Wildman–Crippen MR) is 179 cm³/mol. The first-order valence-corrected chi connectivity index (χ1v) is 16.6. The maximum atomic E-state index is 12.1. The van der Waals surface area contributed by atoms with Gasteiger partial charge in [0, 0.05) is 18.8 Å². The SMILES string of the molecule is Cc1c(NS(C)(=O)=O)cccc1N(Cc1ccccc1)Cc1ccc(Oc2ccc(OCC(=O)N[C@H](C(=O)O)C(C)C)cc2)cc1. The Morgan fingerprint density at radius 1 is 0.804 bits per heavy atom. The fraction of sp³-hybridized carbons (Fsp3) is 0.257. The highest BCUT2D eigenvalue weighted by atomic mass is 32.2. The summed E-state index contributed by atoms with van der Waals surface area (Å²) in [6.07, 6.45) is 1.14. The Morgan fingerprint density at radius 2 is 1.37 bits per heavy atom. The highest BCUT2D eigenvalue weighted by Gasteiger charge is 2.23. The van der Waals surface area contributed by atoms with Crippen LogP contribution in [0.2, 0.25) is 0 Å². The molecule has 242 valence electrons. The van der Waals surface area contributed by atoms with E-state index in [0.29, 0.717) is 36.0 Å². The molecule has 0 fully saturated rings. The van der Waals surface area contributed by atoms with E-state index in [9.17, 15) is 23.1 Å². The number of nitrogens with one attached hydrogen (secondary N) is 2. The molecule has 0 aliphatic carbocycles. The Labute approximate surface area is 270 Å². The van der Waals surface area contributed by atoms with Crippen LogP contribution in [0, 0.1) is 12.8 Å². The van der Waals surface area contributed by atoms with E-state index in [0.717, 1.165) is 28.6 Å². The number of amides is 1. The molecule has 0 saturated heterocycles. The Bertz CT molecular complexity index is 1730. The Balaban J connectivity index is 1.41. The van der Waals surface area contributed by atoms with E-state index in [1.54, 1.807) is 44.2 Å². The van der Waals surface area contributed by atoms with Gasteiger partial charge in [-0.05, 0) is 78.1 Å². The number of carbonyl (C=O) groups excluding carboxylic acids is 1. The van der Waals surface area contributed by atoms with Crippen molar-refractivity contribution in [1.82, 2.24) is 5.32 Å². The first-order valence-electron chi connectivity index (χ1n) is 14.8. The van der Waals surface area contributed by atoms with E-state index in [1.807, 2.05) is 61.5 Å². The fourth-order valence-electron chi connectivity index (χ4n) is 4.81. The maximum Gasteiger partial charge on any atom is 0.326 e. The van der Waals surface area contributed by atoms with Crippen LogP contribution in [0.3, 0.4) is 0 Å². The lowest BCUT2D eigenvalue weighted by molar-refractivity contribution is -0.143. The number of hydrogen-bond acceptors (Lipinski definition) is 7. The minimum atomic E-state index is -3.43. The zero-order chi connectivity index (χ0) is 33.3. The lowest BCUT2D eigenvalue weighted by atomic mass is 10.1. The fourth-order valence-corrected chi connectivity index (χ4v) is 5.43. The first kappa shape index (κ1) is 33.9. The second kappa shape index (κ2) is 15.3. The van der Waals surface area contributed by atoms with Crippen LogP contribution in [-0.4, -0.2) is 44.3 Å². The second-order valence-electron chi connectivity index (χ2n) is 11.3. The highest BCUT2D eigenvalue weighted by molar-refractivity contribution is 7.92. The van der Waals surface area contributed by atoms with Gasteiger partial charge in [0.2, 0.25) is 10.0 Å². The quantitative estimate of drug-likeness (QED) is 0.144. The minimum Gasteiger partial charge on any atom is -0.484 e. The molecule has 46 heavy (non-hydrogen) atoms. The van der Waals surface area contributed by atoms with E-state index >= 15 is 0 Å². The zero-order valence-electron chi connectivity index (χ0n) is 26.3. The van der Waals surface area contributed by atoms with E-state index in [-0.39, 0.29) is 12.5 Å². The Kier molecular flexibility index (Phi) is 11.3. The molecule has 0 aromatic heterocycles. The van der Waals surface area contributed by atoms with Gasteiger partial charge in [0.05, 0.1) is 11.9 Å². The van der Waals surface area contributed by atoms with E-state index in [2.05, 4.69) is 27.1 Å². The van der Waals surface area contributed by atoms with Crippen LogP contribution >= 0.6 is 0 Å². The van der Waals surface area contributed by atoms with Crippen LogP contribution in [0.15, 0.2) is 97.1 Å². The summed E-state index contributed by atoms with van der Waals surface area (Å²) in [6.45, 7) is 6.23. The summed E-state index contributed by atoms with van der Waals surface area (Å²) >= 11 is 0. The molecule has 3 N–H and O–H groups in total. The number of anilines is 2. The van der Waals surface area contributed by atoms with Crippen LogP contribution in [-0.2, 0) is 32.7 Å². The summed E-state index contributed by atoms with van der Waals surface area (Å²) in [5.74, 6) is -0.210. The number of nitrogens with zero attached hydrogens (tertiary/aromatic N) is 1. The molecule has 4 aromatic rings. The molecule has 0 aliphatic heterocycles. The van der Waals surface area contributed by atoms with Gasteiger partial charge in [0.25, 0.3) is 5.91 Å². The number of ether oxygens (including phenoxy) is 2. The van der Waals surface area contributed by atoms with E-state index < -0.39 is 27.9 Å². The number of benzene rings is 4. The average molecular weight is 646 g/mol. The standard InChI is InChI=1S/C35H39N3O7S/c1-24(2)34(35(40)41)36-33(39)23-44-28-17-19-30(20-18-28)45-29-15-13-27(14-16-29)22-38(21-26-9-6-5-7-10-26)32-12-8-11-31(25(32)3)37-46(4,42)43/h5-20,24,34,37H,21-23H2,1-4H3,(H,36,39)(H,40,41)/t34-/m0/s1. The van der Waals surface area contributed by atoms with Gasteiger partial charge in [-0.2, -0.15) is 0 Å². The largest absolute Gasteiger partial charge is 0.484 e. The van der Waals surface area contributed by atoms with Crippen molar-refractivity contribution in [3.63, 3.8) is 0 Å². The van der Waals surface area contributed by atoms with Crippen molar-refractivity contribution >= 4 is 33.3 Å². The molecule has 0 aliphatic rings. The minimum absolute atomic E-state index is 0.257. The van der Waals surface area contributed by atoms with E-state index in [1.165, 1.54) is 0 Å². The summed E-state index contributed by atoms with van der Waals surface area (Å²) in [5.41, 5.74) is 4.45.